The van der Waals surface area contributed by atoms with Gasteiger partial charge in [-0.05, 0) is 49.7 Å². The Hall–Kier alpha value is -0.466. The van der Waals surface area contributed by atoms with Gasteiger partial charge in [0.1, 0.15) is 0 Å². The van der Waals surface area contributed by atoms with Crippen LogP contribution in [-0.2, 0) is 21.9 Å². The highest BCUT2D eigenvalue weighted by molar-refractivity contribution is 6.86. The van der Waals surface area contributed by atoms with E-state index in [-0.39, 0.29) is 5.22 Å². The van der Waals surface area contributed by atoms with Crippen molar-refractivity contribution in [3.8, 4) is 0 Å². The van der Waals surface area contributed by atoms with E-state index in [1.165, 1.54) is 11.1 Å². The molecule has 2 atom stereocenters. The number of hydrogen-bond acceptors (Lipinski definition) is 3. The smallest absolute Gasteiger partial charge is 0.332 e. The van der Waals surface area contributed by atoms with E-state index in [0.717, 1.165) is 18.9 Å². The molecule has 0 radical (unpaired) electrons. The Morgan fingerprint density at radius 3 is 2.14 bits per heavy atom. The molecule has 1 aromatic carbocycles. The van der Waals surface area contributed by atoms with E-state index in [1.807, 2.05) is 6.55 Å². The van der Waals surface area contributed by atoms with Gasteiger partial charge in [-0.3, -0.25) is 0 Å². The second-order valence-corrected chi connectivity index (χ2v) is 13.9. The molecular weight excluding hydrogens is 296 g/mol. The Bertz CT molecular complexity index is 485. The van der Waals surface area contributed by atoms with E-state index in [9.17, 15) is 4.80 Å². The van der Waals surface area contributed by atoms with E-state index < -0.39 is 16.9 Å². The average molecular weight is 325 g/mol. The summed E-state index contributed by atoms with van der Waals surface area (Å²) in [5, 5.41) is -0.255. The zero-order valence-electron chi connectivity index (χ0n) is 13.9. The largest absolute Gasteiger partial charge is 0.429 e. The Balaban J connectivity index is 1.92. The molecule has 0 amide bonds. The molecule has 1 aliphatic heterocycles. The van der Waals surface area contributed by atoms with Crippen molar-refractivity contribution in [1.29, 1.82) is 0 Å². The Kier molecular flexibility index (Phi) is 4.80. The van der Waals surface area contributed by atoms with Crippen molar-refractivity contribution < 1.29 is 13.6 Å². The van der Waals surface area contributed by atoms with Crippen molar-refractivity contribution in [3.63, 3.8) is 0 Å². The maximum absolute atomic E-state index is 10.3. The van der Waals surface area contributed by atoms with Crippen LogP contribution in [0.5, 0.6) is 0 Å². The number of hydrogen-bond donors (Lipinski definition) is 1. The van der Waals surface area contributed by atoms with Crippen LogP contribution in [0.2, 0.25) is 25.7 Å². The van der Waals surface area contributed by atoms with Crippen LogP contribution in [0, 0.1) is 0 Å². The summed E-state index contributed by atoms with van der Waals surface area (Å²) < 4.78 is 12.4. The molecule has 3 nitrogen and oxygen atoms in total. The second-order valence-electron chi connectivity index (χ2n) is 6.76. The van der Waals surface area contributed by atoms with Gasteiger partial charge in [-0.1, -0.05) is 38.1 Å². The first-order valence-corrected chi connectivity index (χ1v) is 13.3. The predicted octanol–water partition coefficient (Wildman–Crippen LogP) is 3.75. The number of rotatable bonds is 7. The summed E-state index contributed by atoms with van der Waals surface area (Å²) in [7, 11) is -4.35. The molecule has 1 saturated heterocycles. The molecule has 2 rings (SSSR count). The molecule has 1 N–H and O–H groups in total. The van der Waals surface area contributed by atoms with E-state index in [2.05, 4.69) is 51.2 Å². The van der Waals surface area contributed by atoms with Crippen molar-refractivity contribution in [1.82, 2.24) is 0 Å². The topological polar surface area (TPSA) is 38.7 Å². The first-order valence-electron chi connectivity index (χ1n) is 7.88. The molecule has 1 fully saturated rings. The number of benzene rings is 1. The molecular formula is C16H28O3Si2. The molecule has 118 valence electrons. The van der Waals surface area contributed by atoms with Crippen LogP contribution < -0.4 is 0 Å². The minimum absolute atomic E-state index is 0.255. The van der Waals surface area contributed by atoms with Crippen LogP contribution in [-0.4, -0.2) is 26.9 Å². The highest BCUT2D eigenvalue weighted by Gasteiger charge is 2.68. The van der Waals surface area contributed by atoms with Crippen LogP contribution in [0.25, 0.3) is 0 Å². The van der Waals surface area contributed by atoms with Gasteiger partial charge in [-0.25, -0.2) is 0 Å². The summed E-state index contributed by atoms with van der Waals surface area (Å²) >= 11 is 0. The fourth-order valence-corrected chi connectivity index (χ4v) is 9.23. The normalized spacial score (nSPS) is 28.7. The monoisotopic (exact) mass is 324 g/mol. The van der Waals surface area contributed by atoms with Gasteiger partial charge in [0.25, 0.3) is 0 Å². The van der Waals surface area contributed by atoms with Gasteiger partial charge in [0.05, 0.1) is 11.8 Å². The molecule has 1 heterocycles. The molecule has 0 aliphatic carbocycles. The molecule has 0 spiro atoms. The second kappa shape index (κ2) is 5.97. The van der Waals surface area contributed by atoms with Gasteiger partial charge in [-0.2, -0.15) is 0 Å². The van der Waals surface area contributed by atoms with Crippen LogP contribution >= 0.6 is 0 Å². The van der Waals surface area contributed by atoms with Crippen molar-refractivity contribution >= 4 is 16.9 Å². The fourth-order valence-electron chi connectivity index (χ4n) is 2.86. The maximum Gasteiger partial charge on any atom is 0.332 e. The highest BCUT2D eigenvalue weighted by atomic mass is 28.4. The zero-order valence-corrected chi connectivity index (χ0v) is 15.9. The van der Waals surface area contributed by atoms with Crippen molar-refractivity contribution in [2.45, 2.75) is 64.2 Å². The Morgan fingerprint density at radius 2 is 1.71 bits per heavy atom. The third-order valence-corrected chi connectivity index (χ3v) is 9.87. The van der Waals surface area contributed by atoms with Gasteiger partial charge in [0.15, 0.2) is 0 Å². The van der Waals surface area contributed by atoms with E-state index in [4.69, 9.17) is 8.85 Å². The molecule has 21 heavy (non-hydrogen) atoms. The van der Waals surface area contributed by atoms with Gasteiger partial charge >= 0.3 is 8.56 Å². The minimum atomic E-state index is -2.22. The van der Waals surface area contributed by atoms with Gasteiger partial charge in [-0.15, -0.1) is 0 Å². The van der Waals surface area contributed by atoms with E-state index in [1.54, 1.807) is 0 Å². The lowest BCUT2D eigenvalue weighted by molar-refractivity contribution is 0.112. The zero-order chi connectivity index (χ0) is 15.7. The average Bonchev–Trinajstić information content (AvgIpc) is 2.98. The fraction of sp³-hybridized carbons (Fsp3) is 0.625. The lowest BCUT2D eigenvalue weighted by Gasteiger charge is -2.30. The third-order valence-electron chi connectivity index (χ3n) is 4.52. The summed E-state index contributed by atoms with van der Waals surface area (Å²) in [6.07, 6.45) is 1.94. The quantitative estimate of drug-likeness (QED) is 0.776. The van der Waals surface area contributed by atoms with E-state index >= 15 is 0 Å². The highest BCUT2D eigenvalue weighted by Crippen LogP contribution is 2.51. The first kappa shape index (κ1) is 16.9. The molecule has 5 heteroatoms. The SMILES string of the molecule is CCc1ccc(CO[Si](C)(C)OC2(CC)C[Si]2(C)O)cc1. The predicted molar refractivity (Wildman–Crippen MR) is 90.8 cm³/mol. The molecule has 1 aromatic rings. The summed E-state index contributed by atoms with van der Waals surface area (Å²) in [6.45, 7) is 11.0. The maximum atomic E-state index is 10.3. The number of aryl methyl sites for hydroxylation is 1. The summed E-state index contributed by atoms with van der Waals surface area (Å²) in [6, 6.07) is 9.41. The van der Waals surface area contributed by atoms with Crippen molar-refractivity contribution in [2.24, 2.45) is 0 Å². The summed E-state index contributed by atoms with van der Waals surface area (Å²) in [4.78, 5) is 10.3. The summed E-state index contributed by atoms with van der Waals surface area (Å²) in [5.41, 5.74) is 2.53. The van der Waals surface area contributed by atoms with Crippen LogP contribution in [0.3, 0.4) is 0 Å². The lowest BCUT2D eigenvalue weighted by atomic mass is 10.1. The first-order chi connectivity index (χ1) is 9.74. The molecule has 0 saturated carbocycles. The van der Waals surface area contributed by atoms with Crippen molar-refractivity contribution in [3.05, 3.63) is 35.4 Å². The van der Waals surface area contributed by atoms with Gasteiger partial charge < -0.3 is 13.6 Å². The molecule has 0 bridgehead atoms. The van der Waals surface area contributed by atoms with Gasteiger partial charge in [0, 0.05) is 0 Å². The Labute approximate surface area is 130 Å². The standard InChI is InChI=1S/C16H28O3Si2/c1-6-14-8-10-15(11-9-14)12-18-20(3,4)19-16(7-2)13-21(16,5)17/h8-11,17H,6-7,12-13H2,1-5H3. The van der Waals surface area contributed by atoms with Crippen LogP contribution in [0.15, 0.2) is 24.3 Å². The minimum Gasteiger partial charge on any atom is -0.429 e. The third kappa shape index (κ3) is 3.84. The Morgan fingerprint density at radius 1 is 1.19 bits per heavy atom. The molecule has 2 unspecified atom stereocenters. The molecule has 0 aromatic heterocycles. The lowest BCUT2D eigenvalue weighted by Crippen LogP contribution is -2.44. The van der Waals surface area contributed by atoms with Crippen LogP contribution in [0.1, 0.15) is 31.4 Å². The summed E-state index contributed by atoms with van der Waals surface area (Å²) in [5.74, 6) is 0. The van der Waals surface area contributed by atoms with Crippen LogP contribution in [0.4, 0.5) is 0 Å². The van der Waals surface area contributed by atoms with Gasteiger partial charge in [0.2, 0.25) is 8.32 Å². The van der Waals surface area contributed by atoms with E-state index in [0.29, 0.717) is 6.61 Å². The molecule has 1 aliphatic rings. The van der Waals surface area contributed by atoms with Crippen molar-refractivity contribution in [2.75, 3.05) is 0 Å².